The van der Waals surface area contributed by atoms with Crippen molar-refractivity contribution in [2.24, 2.45) is 5.73 Å². The fourth-order valence-corrected chi connectivity index (χ4v) is 2.07. The van der Waals surface area contributed by atoms with Crippen molar-refractivity contribution in [2.75, 3.05) is 12.4 Å². The molecule has 5 nitrogen and oxygen atoms in total. The molecule has 0 bridgehead atoms. The van der Waals surface area contributed by atoms with E-state index in [2.05, 4.69) is 5.32 Å². The number of carbonyl (C=O) groups is 1. The van der Waals surface area contributed by atoms with Gasteiger partial charge in [-0.3, -0.25) is 9.69 Å². The number of amides is 1. The molecule has 0 saturated carbocycles. The number of nitrogens with zero attached hydrogens (tertiary/aromatic N) is 1. The minimum atomic E-state index is -0.259. The van der Waals surface area contributed by atoms with Crippen LogP contribution in [0.3, 0.4) is 0 Å². The topological polar surface area (TPSA) is 71.5 Å². The number of nitrogens with two attached hydrogens (primary N) is 1. The van der Waals surface area contributed by atoms with Crippen molar-refractivity contribution in [1.29, 1.82) is 0 Å². The fourth-order valence-electron chi connectivity index (χ4n) is 2.07. The van der Waals surface area contributed by atoms with E-state index in [1.54, 1.807) is 12.5 Å². The van der Waals surface area contributed by atoms with Gasteiger partial charge in [0.1, 0.15) is 0 Å². The van der Waals surface area contributed by atoms with Crippen molar-refractivity contribution in [3.8, 4) is 0 Å². The highest BCUT2D eigenvalue weighted by Gasteiger charge is 2.19. The molecule has 3 N–H and O–H groups in total. The van der Waals surface area contributed by atoms with Crippen LogP contribution in [0.2, 0.25) is 0 Å². The number of benzene rings is 1. The molecule has 2 aromatic rings. The lowest BCUT2D eigenvalue weighted by atomic mass is 10.1. The third kappa shape index (κ3) is 3.93. The predicted molar refractivity (Wildman–Crippen MR) is 82.6 cm³/mol. The molecule has 1 aromatic heterocycles. The van der Waals surface area contributed by atoms with Crippen LogP contribution in [-0.4, -0.2) is 23.9 Å². The van der Waals surface area contributed by atoms with Crippen molar-refractivity contribution < 1.29 is 9.21 Å². The number of anilines is 1. The zero-order valence-corrected chi connectivity index (χ0v) is 12.4. The molecule has 21 heavy (non-hydrogen) atoms. The van der Waals surface area contributed by atoms with Gasteiger partial charge in [0.05, 0.1) is 18.6 Å². The van der Waals surface area contributed by atoms with Gasteiger partial charge >= 0.3 is 0 Å². The molecule has 5 heteroatoms. The molecule has 0 aliphatic carbocycles. The summed E-state index contributed by atoms with van der Waals surface area (Å²) in [6.45, 7) is 2.93. The summed E-state index contributed by atoms with van der Waals surface area (Å²) in [4.78, 5) is 14.3. The van der Waals surface area contributed by atoms with Gasteiger partial charge in [-0.2, -0.15) is 0 Å². The molecule has 0 radical (unpaired) electrons. The molecule has 0 saturated heterocycles. The van der Waals surface area contributed by atoms with E-state index in [1.807, 2.05) is 49.2 Å². The summed E-state index contributed by atoms with van der Waals surface area (Å²) in [5.41, 5.74) is 8.42. The Kier molecular flexibility index (Phi) is 5.14. The zero-order valence-electron chi connectivity index (χ0n) is 12.4. The summed E-state index contributed by atoms with van der Waals surface area (Å²) in [6, 6.07) is 9.20. The minimum absolute atomic E-state index is 0.0538. The van der Waals surface area contributed by atoms with E-state index in [1.165, 1.54) is 0 Å². The summed E-state index contributed by atoms with van der Waals surface area (Å²) in [5, 5.41) is 2.94. The number of para-hydroxylation sites is 1. The van der Waals surface area contributed by atoms with Crippen LogP contribution >= 0.6 is 0 Å². The van der Waals surface area contributed by atoms with Gasteiger partial charge in [-0.05, 0) is 31.7 Å². The highest BCUT2D eigenvalue weighted by molar-refractivity contribution is 5.95. The van der Waals surface area contributed by atoms with Crippen LogP contribution in [0.25, 0.3) is 0 Å². The average molecular weight is 287 g/mol. The van der Waals surface area contributed by atoms with E-state index in [4.69, 9.17) is 10.2 Å². The van der Waals surface area contributed by atoms with Gasteiger partial charge in [-0.25, -0.2) is 0 Å². The number of hydrogen-bond acceptors (Lipinski definition) is 4. The van der Waals surface area contributed by atoms with Crippen LogP contribution in [0, 0.1) is 0 Å². The zero-order chi connectivity index (χ0) is 15.2. The second-order valence-electron chi connectivity index (χ2n) is 5.07. The quantitative estimate of drug-likeness (QED) is 0.854. The van der Waals surface area contributed by atoms with E-state index < -0.39 is 0 Å². The van der Waals surface area contributed by atoms with Gasteiger partial charge in [-0.1, -0.05) is 18.2 Å². The Morgan fingerprint density at radius 2 is 2.14 bits per heavy atom. The summed E-state index contributed by atoms with van der Waals surface area (Å²) < 4.78 is 5.04. The maximum Gasteiger partial charge on any atom is 0.241 e. The third-order valence-corrected chi connectivity index (χ3v) is 3.55. The van der Waals surface area contributed by atoms with E-state index >= 15 is 0 Å². The Bertz CT molecular complexity index is 581. The van der Waals surface area contributed by atoms with Gasteiger partial charge in [0.2, 0.25) is 5.91 Å². The summed E-state index contributed by atoms with van der Waals surface area (Å²) >= 11 is 0. The smallest absolute Gasteiger partial charge is 0.241 e. The van der Waals surface area contributed by atoms with Crippen molar-refractivity contribution in [3.63, 3.8) is 0 Å². The van der Waals surface area contributed by atoms with Crippen LogP contribution in [-0.2, 0) is 17.9 Å². The molecule has 1 heterocycles. The first-order chi connectivity index (χ1) is 10.1. The first-order valence-electron chi connectivity index (χ1n) is 6.92. The standard InChI is InChI=1S/C16H21N3O2/c1-12(19(2)10-13-7-8-21-11-13)16(20)18-15-6-4-3-5-14(15)9-17/h3-8,11-12H,9-10,17H2,1-2H3,(H,18,20). The van der Waals surface area contributed by atoms with Gasteiger partial charge in [0.15, 0.2) is 0 Å². The highest BCUT2D eigenvalue weighted by Crippen LogP contribution is 2.15. The first kappa shape index (κ1) is 15.3. The number of carbonyl (C=O) groups excluding carboxylic acids is 1. The van der Waals surface area contributed by atoms with Crippen molar-refractivity contribution in [1.82, 2.24) is 4.90 Å². The molecule has 1 aromatic carbocycles. The van der Waals surface area contributed by atoms with Gasteiger partial charge in [0, 0.05) is 24.3 Å². The maximum atomic E-state index is 12.3. The SMILES string of the molecule is CC(C(=O)Nc1ccccc1CN)N(C)Cc1ccoc1. The van der Waals surface area contributed by atoms with E-state index in [9.17, 15) is 4.79 Å². The normalized spacial score (nSPS) is 12.4. The molecule has 2 rings (SSSR count). The Labute approximate surface area is 124 Å². The molecular formula is C16H21N3O2. The van der Waals surface area contributed by atoms with Crippen molar-refractivity contribution >= 4 is 11.6 Å². The molecule has 112 valence electrons. The summed E-state index contributed by atoms with van der Waals surface area (Å²) in [5.74, 6) is -0.0538. The summed E-state index contributed by atoms with van der Waals surface area (Å²) in [6.07, 6.45) is 3.32. The number of likely N-dealkylation sites (N-methyl/N-ethyl adjacent to an activating group) is 1. The average Bonchev–Trinajstić information content (AvgIpc) is 2.99. The number of hydrogen-bond donors (Lipinski definition) is 2. The molecule has 1 atom stereocenters. The van der Waals surface area contributed by atoms with Crippen LogP contribution in [0.1, 0.15) is 18.1 Å². The molecule has 0 aliphatic rings. The van der Waals surface area contributed by atoms with Crippen LogP contribution in [0.4, 0.5) is 5.69 Å². The molecule has 1 unspecified atom stereocenters. The number of furan rings is 1. The third-order valence-electron chi connectivity index (χ3n) is 3.55. The van der Waals surface area contributed by atoms with Crippen LogP contribution in [0.5, 0.6) is 0 Å². The molecular weight excluding hydrogens is 266 g/mol. The first-order valence-corrected chi connectivity index (χ1v) is 6.92. The Balaban J connectivity index is 1.98. The lowest BCUT2D eigenvalue weighted by molar-refractivity contribution is -0.120. The molecule has 0 spiro atoms. The fraction of sp³-hybridized carbons (Fsp3) is 0.312. The highest BCUT2D eigenvalue weighted by atomic mass is 16.3. The Morgan fingerprint density at radius 3 is 2.81 bits per heavy atom. The van der Waals surface area contributed by atoms with Gasteiger partial charge in [-0.15, -0.1) is 0 Å². The van der Waals surface area contributed by atoms with E-state index in [0.29, 0.717) is 13.1 Å². The summed E-state index contributed by atoms with van der Waals surface area (Å²) in [7, 11) is 1.91. The van der Waals surface area contributed by atoms with E-state index in [-0.39, 0.29) is 11.9 Å². The Morgan fingerprint density at radius 1 is 1.38 bits per heavy atom. The largest absolute Gasteiger partial charge is 0.472 e. The number of rotatable bonds is 6. The monoisotopic (exact) mass is 287 g/mol. The van der Waals surface area contributed by atoms with Gasteiger partial charge in [0.25, 0.3) is 0 Å². The second-order valence-corrected chi connectivity index (χ2v) is 5.07. The maximum absolute atomic E-state index is 12.3. The minimum Gasteiger partial charge on any atom is -0.472 e. The van der Waals surface area contributed by atoms with Gasteiger partial charge < -0.3 is 15.5 Å². The van der Waals surface area contributed by atoms with Crippen LogP contribution < -0.4 is 11.1 Å². The predicted octanol–water partition coefficient (Wildman–Crippen LogP) is 2.20. The lowest BCUT2D eigenvalue weighted by Gasteiger charge is -2.23. The molecule has 0 fully saturated rings. The van der Waals surface area contributed by atoms with Crippen molar-refractivity contribution in [2.45, 2.75) is 26.1 Å². The molecule has 0 aliphatic heterocycles. The Hall–Kier alpha value is -2.11. The van der Waals surface area contributed by atoms with Crippen molar-refractivity contribution in [3.05, 3.63) is 54.0 Å². The van der Waals surface area contributed by atoms with Crippen LogP contribution in [0.15, 0.2) is 47.3 Å². The molecule has 1 amide bonds. The van der Waals surface area contributed by atoms with E-state index in [0.717, 1.165) is 16.8 Å². The second kappa shape index (κ2) is 7.06. The lowest BCUT2D eigenvalue weighted by Crippen LogP contribution is -2.39. The number of nitrogens with one attached hydrogen (secondary N) is 1.